The second-order valence-corrected chi connectivity index (χ2v) is 10.2. The van der Waals surface area contributed by atoms with Crippen LogP contribution in [0.3, 0.4) is 0 Å². The highest BCUT2D eigenvalue weighted by Crippen LogP contribution is 2.47. The second kappa shape index (κ2) is 10.2. The molecule has 2 heterocycles. The zero-order valence-corrected chi connectivity index (χ0v) is 22.7. The van der Waals surface area contributed by atoms with Gasteiger partial charge in [0.2, 0.25) is 0 Å². The number of benzene rings is 2. The van der Waals surface area contributed by atoms with Crippen molar-refractivity contribution in [2.45, 2.75) is 59.3 Å². The van der Waals surface area contributed by atoms with Crippen molar-refractivity contribution in [2.24, 2.45) is 0 Å². The maximum atomic E-state index is 6.37. The molecule has 8 heteroatoms. The number of halogens is 4. The highest BCUT2D eigenvalue weighted by molar-refractivity contribution is 6.43. The summed E-state index contributed by atoms with van der Waals surface area (Å²) in [6.45, 7) is 12.5. The molecule has 0 saturated heterocycles. The number of anilines is 4. The molecule has 0 radical (unpaired) electrons. The van der Waals surface area contributed by atoms with Crippen LogP contribution in [0.25, 0.3) is 0 Å². The Kier molecular flexibility index (Phi) is 7.69. The molecule has 0 atom stereocenters. The first-order chi connectivity index (χ1) is 15.9. The van der Waals surface area contributed by atoms with E-state index in [4.69, 9.17) is 46.4 Å². The number of hydrogen-bond acceptors (Lipinski definition) is 4. The first kappa shape index (κ1) is 24.9. The molecule has 0 fully saturated rings. The Hall–Kier alpha value is -1.20. The molecule has 0 aliphatic carbocycles. The Morgan fingerprint density at radius 3 is 0.970 bits per heavy atom. The normalized spacial score (nSPS) is 16.2. The molecule has 0 N–H and O–H groups in total. The third-order valence-electron chi connectivity index (χ3n) is 7.00. The predicted octanol–water partition coefficient (Wildman–Crippen LogP) is 8.16. The summed E-state index contributed by atoms with van der Waals surface area (Å²) in [5.74, 6) is 0. The summed E-state index contributed by atoms with van der Waals surface area (Å²) in [6.07, 6.45) is 3.84. The largest absolute Gasteiger partial charge is 0.350 e. The molecule has 0 saturated carbocycles. The monoisotopic (exact) mass is 528 g/mol. The highest BCUT2D eigenvalue weighted by atomic mass is 35.5. The minimum Gasteiger partial charge on any atom is -0.350 e. The van der Waals surface area contributed by atoms with Gasteiger partial charge in [-0.25, -0.2) is 0 Å². The van der Waals surface area contributed by atoms with E-state index in [2.05, 4.69) is 47.3 Å². The van der Waals surface area contributed by atoms with Crippen molar-refractivity contribution < 1.29 is 0 Å². The fourth-order valence-electron chi connectivity index (χ4n) is 5.58. The summed E-state index contributed by atoms with van der Waals surface area (Å²) in [5, 5.41) is 2.46. The Balaban J connectivity index is 1.52. The lowest BCUT2D eigenvalue weighted by Gasteiger charge is -2.34. The Bertz CT molecular complexity index is 861. The fraction of sp³-hybridized carbons (Fsp3) is 0.520. The van der Waals surface area contributed by atoms with Gasteiger partial charge in [0.15, 0.2) is 0 Å². The zero-order valence-electron chi connectivity index (χ0n) is 19.7. The SMILES string of the molecule is CCN1c2cc(Cl)c(Cl)cc2N(CC)C1CCCC1N(CC)c2cc(Cl)c(Cl)cc2N1CC. The average molecular weight is 530 g/mol. The third kappa shape index (κ3) is 4.33. The van der Waals surface area contributed by atoms with Gasteiger partial charge >= 0.3 is 0 Å². The highest BCUT2D eigenvalue weighted by Gasteiger charge is 2.37. The fourth-order valence-corrected chi connectivity index (χ4v) is 6.21. The smallest absolute Gasteiger partial charge is 0.102 e. The van der Waals surface area contributed by atoms with Gasteiger partial charge in [0.1, 0.15) is 12.3 Å². The standard InChI is InChI=1S/C25H32Cl4N4/c1-5-30-20-12-16(26)17(27)13-21(20)31(6-2)24(30)10-9-11-25-32(7-3)22-14-18(28)19(29)15-23(22)33(25)8-4/h12-15,24-25H,5-11H2,1-4H3. The summed E-state index contributed by atoms with van der Waals surface area (Å²) in [5.41, 5.74) is 4.73. The van der Waals surface area contributed by atoms with Crippen LogP contribution in [0, 0.1) is 0 Å². The maximum Gasteiger partial charge on any atom is 0.102 e. The van der Waals surface area contributed by atoms with Gasteiger partial charge in [0.05, 0.1) is 42.8 Å². The van der Waals surface area contributed by atoms with Crippen LogP contribution in [0.1, 0.15) is 47.0 Å². The van der Waals surface area contributed by atoms with Crippen LogP contribution in [0.2, 0.25) is 20.1 Å². The average Bonchev–Trinajstić information content (AvgIpc) is 3.24. The quantitative estimate of drug-likeness (QED) is 0.342. The van der Waals surface area contributed by atoms with E-state index in [0.717, 1.165) is 45.4 Å². The Morgan fingerprint density at radius 1 is 0.515 bits per heavy atom. The summed E-state index contributed by atoms with van der Waals surface area (Å²) < 4.78 is 0. The third-order valence-corrected chi connectivity index (χ3v) is 8.44. The van der Waals surface area contributed by atoms with E-state index >= 15 is 0 Å². The number of fused-ring (bicyclic) bond motifs is 2. The van der Waals surface area contributed by atoms with Crippen LogP contribution < -0.4 is 19.6 Å². The number of rotatable bonds is 8. The van der Waals surface area contributed by atoms with Crippen LogP contribution in [-0.2, 0) is 0 Å². The van der Waals surface area contributed by atoms with Crippen LogP contribution in [-0.4, -0.2) is 38.5 Å². The Morgan fingerprint density at radius 2 is 0.758 bits per heavy atom. The van der Waals surface area contributed by atoms with E-state index in [0.29, 0.717) is 32.4 Å². The van der Waals surface area contributed by atoms with Crippen molar-refractivity contribution >= 4 is 69.2 Å². The van der Waals surface area contributed by atoms with Crippen LogP contribution in [0.5, 0.6) is 0 Å². The molecule has 0 amide bonds. The molecule has 2 aromatic carbocycles. The lowest BCUT2D eigenvalue weighted by Crippen LogP contribution is -2.45. The summed E-state index contributed by atoms with van der Waals surface area (Å²) in [4.78, 5) is 9.83. The van der Waals surface area contributed by atoms with Crippen molar-refractivity contribution in [3.8, 4) is 0 Å². The minimum absolute atomic E-state index is 0.308. The molecule has 33 heavy (non-hydrogen) atoms. The molecule has 180 valence electrons. The van der Waals surface area contributed by atoms with Gasteiger partial charge in [-0.05, 0) is 71.2 Å². The van der Waals surface area contributed by atoms with Crippen molar-refractivity contribution in [3.63, 3.8) is 0 Å². The van der Waals surface area contributed by atoms with Gasteiger partial charge in [0, 0.05) is 26.2 Å². The predicted molar refractivity (Wildman–Crippen MR) is 146 cm³/mol. The zero-order chi connectivity index (χ0) is 23.9. The maximum absolute atomic E-state index is 6.37. The summed E-state index contributed by atoms with van der Waals surface area (Å²) in [6, 6.07) is 8.07. The van der Waals surface area contributed by atoms with Crippen molar-refractivity contribution in [1.29, 1.82) is 0 Å². The molecule has 0 unspecified atom stereocenters. The van der Waals surface area contributed by atoms with E-state index in [1.807, 2.05) is 24.3 Å². The number of hydrogen-bond donors (Lipinski definition) is 0. The van der Waals surface area contributed by atoms with E-state index < -0.39 is 0 Å². The molecule has 2 aliphatic heterocycles. The topological polar surface area (TPSA) is 13.0 Å². The minimum atomic E-state index is 0.308. The van der Waals surface area contributed by atoms with Gasteiger partial charge in [0.25, 0.3) is 0 Å². The van der Waals surface area contributed by atoms with E-state index in [1.54, 1.807) is 0 Å². The molecule has 2 aromatic rings. The van der Waals surface area contributed by atoms with Gasteiger partial charge < -0.3 is 19.6 Å². The van der Waals surface area contributed by atoms with Crippen molar-refractivity contribution in [3.05, 3.63) is 44.4 Å². The first-order valence-electron chi connectivity index (χ1n) is 11.9. The molecule has 4 rings (SSSR count). The van der Waals surface area contributed by atoms with E-state index in [9.17, 15) is 0 Å². The van der Waals surface area contributed by atoms with Crippen LogP contribution >= 0.6 is 46.4 Å². The Labute approximate surface area is 217 Å². The van der Waals surface area contributed by atoms with Crippen LogP contribution in [0.15, 0.2) is 24.3 Å². The summed E-state index contributed by atoms with van der Waals surface area (Å²) >= 11 is 25.5. The van der Waals surface area contributed by atoms with Crippen LogP contribution in [0.4, 0.5) is 22.7 Å². The van der Waals surface area contributed by atoms with Gasteiger partial charge in [-0.3, -0.25) is 0 Å². The molecule has 0 spiro atoms. The molecule has 4 nitrogen and oxygen atoms in total. The summed E-state index contributed by atoms with van der Waals surface area (Å²) in [7, 11) is 0. The van der Waals surface area contributed by atoms with Gasteiger partial charge in [-0.2, -0.15) is 0 Å². The molecular weight excluding hydrogens is 498 g/mol. The lowest BCUT2D eigenvalue weighted by atomic mass is 10.1. The van der Waals surface area contributed by atoms with Gasteiger partial charge in [-0.15, -0.1) is 0 Å². The molecule has 0 aromatic heterocycles. The molecular formula is C25H32Cl4N4. The van der Waals surface area contributed by atoms with E-state index in [-0.39, 0.29) is 0 Å². The lowest BCUT2D eigenvalue weighted by molar-refractivity contribution is 0.476. The first-order valence-corrected chi connectivity index (χ1v) is 13.4. The van der Waals surface area contributed by atoms with Crippen molar-refractivity contribution in [1.82, 2.24) is 0 Å². The molecule has 2 aliphatic rings. The second-order valence-electron chi connectivity index (χ2n) is 8.55. The van der Waals surface area contributed by atoms with Gasteiger partial charge in [-0.1, -0.05) is 46.4 Å². The molecule has 0 bridgehead atoms. The van der Waals surface area contributed by atoms with Crippen molar-refractivity contribution in [2.75, 3.05) is 45.8 Å². The van der Waals surface area contributed by atoms with E-state index in [1.165, 1.54) is 22.7 Å². The number of nitrogens with zero attached hydrogens (tertiary/aromatic N) is 4.